The molecule has 10 heteroatoms. The molecule has 1 aliphatic rings. The maximum absolute atomic E-state index is 12.9. The number of benzene rings is 2. The Morgan fingerprint density at radius 1 is 0.976 bits per heavy atom. The van der Waals surface area contributed by atoms with Crippen LogP contribution in [-0.2, 0) is 0 Å². The summed E-state index contributed by atoms with van der Waals surface area (Å²) in [5.41, 5.74) is 8.00. The van der Waals surface area contributed by atoms with E-state index in [9.17, 15) is 4.79 Å². The number of nitrogens with one attached hydrogen (secondary N) is 2. The van der Waals surface area contributed by atoms with E-state index >= 15 is 0 Å². The fourth-order valence-electron chi connectivity index (χ4n) is 5.16. The molecule has 1 aliphatic heterocycles. The van der Waals surface area contributed by atoms with Crippen LogP contribution in [0, 0.1) is 13.8 Å². The number of hydrogen-bond donors (Lipinski definition) is 2. The van der Waals surface area contributed by atoms with Gasteiger partial charge in [0.25, 0.3) is 0 Å². The predicted octanol–water partition coefficient (Wildman–Crippen LogP) is 6.31. The Balaban J connectivity index is 1.15. The Morgan fingerprint density at radius 2 is 1.71 bits per heavy atom. The molecule has 2 amide bonds. The molecule has 0 saturated carbocycles. The van der Waals surface area contributed by atoms with Gasteiger partial charge in [-0.25, -0.2) is 19.7 Å². The second-order valence-corrected chi connectivity index (χ2v) is 11.5. The van der Waals surface area contributed by atoms with Crippen molar-refractivity contribution in [3.63, 3.8) is 0 Å². The van der Waals surface area contributed by atoms with E-state index in [1.54, 1.807) is 17.5 Å². The van der Waals surface area contributed by atoms with Crippen molar-refractivity contribution in [2.45, 2.75) is 32.7 Å². The molecule has 0 spiro atoms. The van der Waals surface area contributed by atoms with Gasteiger partial charge < -0.3 is 20.4 Å². The highest BCUT2D eigenvalue weighted by atomic mass is 32.1. The number of carbonyl (C=O) groups excluding carboxylic acids is 1. The number of thiazole rings is 1. The van der Waals surface area contributed by atoms with Gasteiger partial charge in [0.2, 0.25) is 5.95 Å². The third kappa shape index (κ3) is 5.60. The van der Waals surface area contributed by atoms with Crippen molar-refractivity contribution >= 4 is 39.7 Å². The molecule has 2 aromatic carbocycles. The quantitative estimate of drug-likeness (QED) is 0.250. The van der Waals surface area contributed by atoms with Crippen LogP contribution in [0.5, 0.6) is 0 Å². The number of amides is 2. The summed E-state index contributed by atoms with van der Waals surface area (Å²) in [5, 5.41) is 8.66. The second kappa shape index (κ2) is 11.2. The standard InChI is InChI=1S/C31H34N8OS/c1-20-5-7-22(8-6-20)27-28(39-21(2)19-41-31(39)36-27)26-13-16-32-29(35-26)33-24-14-17-38(18-15-24)30(40)34-23-9-11-25(12-10-23)37(3)4/h5-13,16,19,24H,14-15,17-18H2,1-4H3,(H,34,40)(H,32,33,35). The topological polar surface area (TPSA) is 90.7 Å². The first-order chi connectivity index (χ1) is 19.9. The number of urea groups is 1. The summed E-state index contributed by atoms with van der Waals surface area (Å²) in [6.45, 7) is 5.50. The number of imidazole rings is 1. The van der Waals surface area contributed by atoms with Crippen LogP contribution in [0.1, 0.15) is 24.1 Å². The van der Waals surface area contributed by atoms with Gasteiger partial charge in [0.05, 0.1) is 11.4 Å². The third-order valence-corrected chi connectivity index (χ3v) is 8.45. The first-order valence-electron chi connectivity index (χ1n) is 13.8. The molecular weight excluding hydrogens is 532 g/mol. The Kier molecular flexibility index (Phi) is 7.32. The number of aromatic nitrogens is 4. The van der Waals surface area contributed by atoms with Crippen molar-refractivity contribution < 1.29 is 4.79 Å². The normalized spacial score (nSPS) is 13.9. The van der Waals surface area contributed by atoms with Crippen LogP contribution in [-0.4, -0.2) is 63.5 Å². The van der Waals surface area contributed by atoms with E-state index in [0.717, 1.165) is 57.5 Å². The van der Waals surface area contributed by atoms with Crippen LogP contribution in [0.2, 0.25) is 0 Å². The van der Waals surface area contributed by atoms with Gasteiger partial charge in [0, 0.05) is 67.4 Å². The molecule has 1 fully saturated rings. The molecular formula is C31H34N8OS. The Labute approximate surface area is 243 Å². The predicted molar refractivity (Wildman–Crippen MR) is 167 cm³/mol. The van der Waals surface area contributed by atoms with E-state index in [-0.39, 0.29) is 12.1 Å². The molecule has 9 nitrogen and oxygen atoms in total. The highest BCUT2D eigenvalue weighted by molar-refractivity contribution is 7.15. The molecule has 0 aliphatic carbocycles. The molecule has 3 aromatic heterocycles. The average molecular weight is 567 g/mol. The fourth-order valence-corrected chi connectivity index (χ4v) is 6.03. The zero-order chi connectivity index (χ0) is 28.5. The molecule has 210 valence electrons. The Morgan fingerprint density at radius 3 is 2.41 bits per heavy atom. The molecule has 0 bridgehead atoms. The number of anilines is 3. The smallest absolute Gasteiger partial charge is 0.321 e. The second-order valence-electron chi connectivity index (χ2n) is 10.7. The summed E-state index contributed by atoms with van der Waals surface area (Å²) < 4.78 is 2.18. The minimum absolute atomic E-state index is 0.0705. The summed E-state index contributed by atoms with van der Waals surface area (Å²) in [5.74, 6) is 0.587. The highest BCUT2D eigenvalue weighted by Crippen LogP contribution is 2.35. The minimum atomic E-state index is -0.0705. The number of rotatable bonds is 6. The molecule has 4 heterocycles. The van der Waals surface area contributed by atoms with Crippen LogP contribution in [0.15, 0.2) is 66.2 Å². The fraction of sp³-hybridized carbons (Fsp3) is 0.290. The number of likely N-dealkylation sites (tertiary alicyclic amines) is 1. The molecule has 2 N–H and O–H groups in total. The van der Waals surface area contributed by atoms with Crippen LogP contribution in [0.25, 0.3) is 27.6 Å². The molecule has 6 rings (SSSR count). The highest BCUT2D eigenvalue weighted by Gasteiger charge is 2.24. The Bertz CT molecular complexity index is 1670. The number of hydrogen-bond acceptors (Lipinski definition) is 7. The molecule has 0 radical (unpaired) electrons. The number of nitrogens with zero attached hydrogens (tertiary/aromatic N) is 6. The van der Waals surface area contributed by atoms with Crippen molar-refractivity contribution in [3.05, 3.63) is 77.4 Å². The number of aryl methyl sites for hydroxylation is 2. The molecule has 1 saturated heterocycles. The lowest BCUT2D eigenvalue weighted by Gasteiger charge is -2.32. The number of fused-ring (bicyclic) bond motifs is 1. The summed E-state index contributed by atoms with van der Waals surface area (Å²) >= 11 is 1.63. The maximum Gasteiger partial charge on any atom is 0.321 e. The van der Waals surface area contributed by atoms with Crippen molar-refractivity contribution in [2.24, 2.45) is 0 Å². The third-order valence-electron chi connectivity index (χ3n) is 7.51. The van der Waals surface area contributed by atoms with Gasteiger partial charge in [0.1, 0.15) is 5.69 Å². The molecule has 0 atom stereocenters. The molecule has 5 aromatic rings. The zero-order valence-electron chi connectivity index (χ0n) is 23.8. The van der Waals surface area contributed by atoms with Crippen molar-refractivity contribution in [1.29, 1.82) is 0 Å². The van der Waals surface area contributed by atoms with Crippen molar-refractivity contribution in [1.82, 2.24) is 24.3 Å². The Hall–Kier alpha value is -4.44. The van der Waals surface area contributed by atoms with Gasteiger partial charge in [-0.1, -0.05) is 29.8 Å². The minimum Gasteiger partial charge on any atom is -0.378 e. The van der Waals surface area contributed by atoms with Gasteiger partial charge in [-0.3, -0.25) is 4.40 Å². The van der Waals surface area contributed by atoms with Gasteiger partial charge in [-0.2, -0.15) is 0 Å². The van der Waals surface area contributed by atoms with E-state index in [1.165, 1.54) is 5.56 Å². The molecule has 41 heavy (non-hydrogen) atoms. The number of carbonyl (C=O) groups is 1. The lowest BCUT2D eigenvalue weighted by atomic mass is 10.1. The summed E-state index contributed by atoms with van der Waals surface area (Å²) in [4.78, 5) is 32.2. The average Bonchev–Trinajstić information content (AvgIpc) is 3.54. The van der Waals surface area contributed by atoms with Crippen LogP contribution in [0.4, 0.5) is 22.1 Å². The van der Waals surface area contributed by atoms with Crippen LogP contribution < -0.4 is 15.5 Å². The maximum atomic E-state index is 12.9. The van der Waals surface area contributed by atoms with E-state index < -0.39 is 0 Å². The summed E-state index contributed by atoms with van der Waals surface area (Å²) in [7, 11) is 3.99. The van der Waals surface area contributed by atoms with Crippen LogP contribution in [0.3, 0.4) is 0 Å². The van der Waals surface area contributed by atoms with Crippen molar-refractivity contribution in [2.75, 3.05) is 42.7 Å². The van der Waals surface area contributed by atoms with Gasteiger partial charge in [0.15, 0.2) is 4.96 Å². The van der Waals surface area contributed by atoms with E-state index in [0.29, 0.717) is 19.0 Å². The lowest BCUT2D eigenvalue weighted by molar-refractivity contribution is 0.197. The van der Waals surface area contributed by atoms with Crippen molar-refractivity contribution in [3.8, 4) is 22.6 Å². The van der Waals surface area contributed by atoms with Gasteiger partial charge in [-0.05, 0) is 57.0 Å². The first kappa shape index (κ1) is 26.8. The zero-order valence-corrected chi connectivity index (χ0v) is 24.6. The van der Waals surface area contributed by atoms with E-state index in [2.05, 4.69) is 63.5 Å². The van der Waals surface area contributed by atoms with E-state index in [1.807, 2.05) is 54.2 Å². The summed E-state index contributed by atoms with van der Waals surface area (Å²) in [6, 6.07) is 18.4. The van der Waals surface area contributed by atoms with Crippen LogP contribution >= 0.6 is 11.3 Å². The van der Waals surface area contributed by atoms with E-state index in [4.69, 9.17) is 9.97 Å². The number of piperidine rings is 1. The molecule has 0 unspecified atom stereocenters. The SMILES string of the molecule is Cc1ccc(-c2nc3scc(C)n3c2-c2ccnc(NC3CCN(C(=O)Nc4ccc(N(C)C)cc4)CC3)n2)cc1. The summed E-state index contributed by atoms with van der Waals surface area (Å²) in [6.07, 6.45) is 3.43. The van der Waals surface area contributed by atoms with Gasteiger partial charge >= 0.3 is 6.03 Å². The lowest BCUT2D eigenvalue weighted by Crippen LogP contribution is -2.44. The largest absolute Gasteiger partial charge is 0.378 e. The van der Waals surface area contributed by atoms with Gasteiger partial charge in [-0.15, -0.1) is 11.3 Å². The first-order valence-corrected chi connectivity index (χ1v) is 14.7. The monoisotopic (exact) mass is 566 g/mol.